The van der Waals surface area contributed by atoms with Crippen molar-refractivity contribution in [3.63, 3.8) is 0 Å². The molecule has 2 N–H and O–H groups in total. The zero-order valence-corrected chi connectivity index (χ0v) is 66.0. The smallest absolute Gasteiger partial charge is 0.290 e. The number of para-hydroxylation sites is 2. The van der Waals surface area contributed by atoms with Gasteiger partial charge in [-0.25, -0.2) is 0 Å². The number of allylic oxidation sites excluding steroid dienone is 3. The van der Waals surface area contributed by atoms with Crippen molar-refractivity contribution >= 4 is 29.1 Å². The van der Waals surface area contributed by atoms with Crippen molar-refractivity contribution in [3.8, 4) is 33.8 Å². The van der Waals surface area contributed by atoms with Crippen LogP contribution in [0, 0.1) is 0 Å². The minimum atomic E-state index is -0.530. The number of fused-ring (bicyclic) bond motifs is 7. The van der Waals surface area contributed by atoms with Crippen LogP contribution in [-0.4, -0.2) is 79.4 Å². The molecular formula is C101H98N4O11. The van der Waals surface area contributed by atoms with Gasteiger partial charge in [-0.05, 0) is 187 Å². The fourth-order valence-corrected chi connectivity index (χ4v) is 16.1. The van der Waals surface area contributed by atoms with Crippen LogP contribution in [0.15, 0.2) is 302 Å². The van der Waals surface area contributed by atoms with Crippen LogP contribution < -0.4 is 20.1 Å². The number of piperazine rings is 1. The van der Waals surface area contributed by atoms with E-state index in [-0.39, 0.29) is 48.0 Å². The Morgan fingerprint density at radius 1 is 0.362 bits per heavy atom. The van der Waals surface area contributed by atoms with Crippen molar-refractivity contribution in [2.75, 3.05) is 43.6 Å². The first kappa shape index (κ1) is 77.8. The average Bonchev–Trinajstić information content (AvgIpc) is 1.66. The summed E-state index contributed by atoms with van der Waals surface area (Å²) in [6, 6.07) is 91.1. The highest BCUT2D eigenvalue weighted by Gasteiger charge is 2.36. The summed E-state index contributed by atoms with van der Waals surface area (Å²) in [6.45, 7) is 11.7. The number of ether oxygens (including phenoxy) is 8. The minimum absolute atomic E-state index is 0.00162. The third-order valence-corrected chi connectivity index (χ3v) is 22.7. The summed E-state index contributed by atoms with van der Waals surface area (Å²) in [5, 5.41) is 5.86. The van der Waals surface area contributed by atoms with Crippen LogP contribution in [0.3, 0.4) is 0 Å². The van der Waals surface area contributed by atoms with Crippen molar-refractivity contribution in [2.45, 2.75) is 135 Å². The monoisotopic (exact) mass is 1540 g/mol. The first-order valence-electron chi connectivity index (χ1n) is 40.8. The number of hydrogen-bond acceptors (Lipinski definition) is 12. The minimum Gasteiger partial charge on any atom is -0.459 e. The molecule has 116 heavy (non-hydrogen) atoms. The largest absolute Gasteiger partial charge is 0.459 e. The summed E-state index contributed by atoms with van der Waals surface area (Å²) >= 11 is 0. The van der Waals surface area contributed by atoms with Crippen molar-refractivity contribution in [2.24, 2.45) is 0 Å². The number of carbonyl (C=O) groups is 3. The van der Waals surface area contributed by atoms with Gasteiger partial charge in [-0.15, -0.1) is 0 Å². The number of carbonyl (C=O) groups excluding carboxylic acids is 3. The lowest BCUT2D eigenvalue weighted by atomic mass is 9.90. The molecule has 0 aromatic heterocycles. The third-order valence-electron chi connectivity index (χ3n) is 22.7. The molecule has 18 rings (SSSR count). The number of rotatable bonds is 22. The van der Waals surface area contributed by atoms with Crippen LogP contribution in [-0.2, 0) is 101 Å². The Morgan fingerprint density at radius 2 is 0.741 bits per heavy atom. The number of aryl methyl sites for hydroxylation is 3. The molecule has 11 aromatic carbocycles. The maximum Gasteiger partial charge on any atom is 0.290 e. The molecule has 0 unspecified atom stereocenters. The highest BCUT2D eigenvalue weighted by atomic mass is 16.7. The van der Waals surface area contributed by atoms with E-state index in [1.54, 1.807) is 0 Å². The van der Waals surface area contributed by atoms with Gasteiger partial charge in [0.15, 0.2) is 28.8 Å². The Balaban J connectivity index is 0.000000134. The second-order valence-electron chi connectivity index (χ2n) is 30.5. The van der Waals surface area contributed by atoms with Gasteiger partial charge in [0.2, 0.25) is 25.7 Å². The number of nitrogens with zero attached hydrogens (tertiary/aromatic N) is 2. The molecule has 11 aromatic rings. The molecule has 0 radical (unpaired) electrons. The van der Waals surface area contributed by atoms with Gasteiger partial charge in [-0.2, -0.15) is 0 Å². The molecule has 1 fully saturated rings. The van der Waals surface area contributed by atoms with Gasteiger partial charge < -0.3 is 53.4 Å². The average molecular weight is 1540 g/mol. The molecule has 0 saturated carbocycles. The van der Waals surface area contributed by atoms with E-state index >= 15 is 0 Å². The normalized spacial score (nSPS) is 18.7. The summed E-state index contributed by atoms with van der Waals surface area (Å²) < 4.78 is 48.1. The predicted octanol–water partition coefficient (Wildman–Crippen LogP) is 20.0. The van der Waals surface area contributed by atoms with Crippen LogP contribution >= 0.6 is 0 Å². The molecular weight excluding hydrogens is 1450 g/mol. The topological polar surface area (TPSA) is 156 Å². The first-order chi connectivity index (χ1) is 57.0. The van der Waals surface area contributed by atoms with Gasteiger partial charge in [-0.3, -0.25) is 19.3 Å². The Kier molecular flexibility index (Phi) is 24.8. The van der Waals surface area contributed by atoms with Gasteiger partial charge in [0.25, 0.3) is 17.7 Å². The van der Waals surface area contributed by atoms with Crippen molar-refractivity contribution in [3.05, 3.63) is 380 Å². The summed E-state index contributed by atoms with van der Waals surface area (Å²) in [6.07, 6.45) is 11.1. The number of benzene rings is 11. The fourth-order valence-electron chi connectivity index (χ4n) is 16.1. The van der Waals surface area contributed by atoms with Crippen molar-refractivity contribution in [1.82, 2.24) is 9.80 Å². The van der Waals surface area contributed by atoms with Crippen LogP contribution in [0.1, 0.15) is 136 Å². The highest BCUT2D eigenvalue weighted by molar-refractivity contribution is 6.03. The lowest BCUT2D eigenvalue weighted by Gasteiger charge is -2.36. The molecule has 2 aliphatic carbocycles. The van der Waals surface area contributed by atoms with Crippen molar-refractivity contribution < 1.29 is 52.3 Å². The number of anilines is 2. The van der Waals surface area contributed by atoms with E-state index in [2.05, 4.69) is 218 Å². The maximum absolute atomic E-state index is 14.0. The number of hydrogen-bond donors (Lipinski definition) is 2. The fraction of sp³-hybridized carbons (Fsp3) is 0.257. The molecule has 6 atom stereocenters. The van der Waals surface area contributed by atoms with Crippen LogP contribution in [0.2, 0.25) is 0 Å². The molecule has 3 amide bonds. The lowest BCUT2D eigenvalue weighted by molar-refractivity contribution is -0.157. The summed E-state index contributed by atoms with van der Waals surface area (Å²) in [4.78, 5) is 44.4. The van der Waals surface area contributed by atoms with Crippen LogP contribution in [0.25, 0.3) is 22.3 Å². The summed E-state index contributed by atoms with van der Waals surface area (Å²) in [5.41, 5.74) is 23.9. The van der Waals surface area contributed by atoms with Crippen LogP contribution in [0.5, 0.6) is 11.5 Å². The van der Waals surface area contributed by atoms with E-state index in [0.717, 1.165) is 96.9 Å². The molecule has 588 valence electrons. The predicted molar refractivity (Wildman–Crippen MR) is 453 cm³/mol. The number of nitrogens with one attached hydrogen (secondary N) is 2. The molecule has 5 heterocycles. The first-order valence-corrected chi connectivity index (χ1v) is 40.8. The van der Waals surface area contributed by atoms with Gasteiger partial charge in [0.05, 0.1) is 19.8 Å². The number of amides is 3. The van der Waals surface area contributed by atoms with Crippen LogP contribution in [0.4, 0.5) is 11.4 Å². The lowest BCUT2D eigenvalue weighted by Crippen LogP contribution is -2.49. The van der Waals surface area contributed by atoms with Gasteiger partial charge in [0, 0.05) is 81.1 Å². The second-order valence-corrected chi connectivity index (χ2v) is 30.5. The molecule has 7 aliphatic rings. The van der Waals surface area contributed by atoms with Gasteiger partial charge in [0.1, 0.15) is 0 Å². The van der Waals surface area contributed by atoms with Crippen molar-refractivity contribution in [1.29, 1.82) is 0 Å². The Bertz CT molecular complexity index is 5330. The third kappa shape index (κ3) is 19.3. The molecule has 15 heteroatoms. The molecule has 1 saturated heterocycles. The molecule has 0 bridgehead atoms. The SMILES string of the molecule is CCc1ccc(CO[C@H]2C[C@@H](c3ccc4c(c3)Cc3ccccc3-4)C=C(C(=O)N3CCN(Cc4ccc5c(c4)OCO5)CC3)O2)cc1.CCc1ccc(CO[C@H]2C[C@@H](c3ccc4c(c3)Cc3ccccc3-4)C=C(C(=O)Nc3ccccc3)O2)cc1.CCc1ccc(CO[C@H]2C[C@@H](c3ccccc3)C=C(C(=O)Nc3ccccc3)O2)cc1. The Labute approximate surface area is 680 Å². The Morgan fingerprint density at radius 3 is 1.20 bits per heavy atom. The quantitative estimate of drug-likeness (QED) is 0.0663. The standard InChI is InChI=1S/C40H40N2O5.C34H31NO3.C27H27NO3/c1-2-27-7-9-28(10-8-27)25-44-39-23-32(30-12-13-35-33(20-30)21-31-5-3-4-6-34(31)35)22-38(47-39)40(43)42-17-15-41(16-18-42)24-29-11-14-36-37(19-29)46-26-45-36;1-2-23-12-14-24(15-13-23)22-37-33-21-27(20-32(38-33)34(36)35-29-9-4-3-5-10-29)25-16-17-31-28(18-25)19-26-8-6-7-11-30(26)31;1-2-20-13-15-21(16-14-20)19-30-26-18-23(22-9-5-3-6-10-22)17-25(31-26)27(29)28-24-11-7-4-8-12-24/h3-14,19-20,22,32,39H,2,15-18,21,23-26H2,1H3;3-18,20,27,33H,2,19,21-22H2,1H3,(H,35,36);3-17,23,26H,2,18-19H2,1H3,(H,28,29)/t32-,39+;27-,33+;23-,26+/m000/s1. The highest BCUT2D eigenvalue weighted by Crippen LogP contribution is 2.43. The molecule has 15 nitrogen and oxygen atoms in total. The van der Waals surface area contributed by atoms with E-state index in [4.69, 9.17) is 37.9 Å². The summed E-state index contributed by atoms with van der Waals surface area (Å²) in [7, 11) is 0. The van der Waals surface area contributed by atoms with E-state index in [1.807, 2.05) is 108 Å². The second kappa shape index (κ2) is 37.0. The Hall–Kier alpha value is -12.1. The summed E-state index contributed by atoms with van der Waals surface area (Å²) in [5.74, 6) is 2.02. The zero-order valence-electron chi connectivity index (χ0n) is 66.0. The van der Waals surface area contributed by atoms with Gasteiger partial charge in [-0.1, -0.05) is 251 Å². The van der Waals surface area contributed by atoms with E-state index in [1.165, 1.54) is 77.9 Å². The molecule has 0 spiro atoms. The maximum atomic E-state index is 14.0. The van der Waals surface area contributed by atoms with E-state index in [9.17, 15) is 14.4 Å². The van der Waals surface area contributed by atoms with E-state index in [0.29, 0.717) is 63.7 Å². The van der Waals surface area contributed by atoms with E-state index < -0.39 is 18.9 Å². The zero-order chi connectivity index (χ0) is 79.1. The molecule has 5 aliphatic heterocycles. The van der Waals surface area contributed by atoms with Gasteiger partial charge >= 0.3 is 0 Å².